The molecule has 0 bridgehead atoms. The number of hydrogen-bond donors (Lipinski definition) is 0. The average Bonchev–Trinajstić information content (AvgIpc) is 2.50. The van der Waals surface area contributed by atoms with Crippen LogP contribution in [0.5, 0.6) is 0 Å². The fourth-order valence-electron chi connectivity index (χ4n) is 1.75. The second-order valence-electron chi connectivity index (χ2n) is 3.70. The molecule has 0 atom stereocenters. The molecule has 1 aliphatic rings. The summed E-state index contributed by atoms with van der Waals surface area (Å²) in [6.45, 7) is 5.48. The normalized spacial score (nSPS) is 18.9. The highest BCUT2D eigenvalue weighted by Crippen LogP contribution is 2.04. The highest BCUT2D eigenvalue weighted by atomic mass is 79.9. The molecular weight excluding hydrogens is 260 g/mol. The first-order valence-electron chi connectivity index (χ1n) is 5.33. The van der Waals surface area contributed by atoms with Crippen LogP contribution in [0.1, 0.15) is 6.42 Å². The van der Waals surface area contributed by atoms with Gasteiger partial charge in [-0.1, -0.05) is 15.9 Å². The van der Waals surface area contributed by atoms with Crippen molar-refractivity contribution < 1.29 is 9.53 Å². The maximum absolute atomic E-state index is 11.5. The topological polar surface area (TPSA) is 32.8 Å². The molecule has 0 aliphatic carbocycles. The number of hydrogen-bond acceptors (Lipinski definition) is 3. The van der Waals surface area contributed by atoms with Crippen LogP contribution in [-0.2, 0) is 9.53 Å². The van der Waals surface area contributed by atoms with E-state index in [9.17, 15) is 4.79 Å². The number of carbonyl (C=O) groups excluding carboxylic acids is 1. The van der Waals surface area contributed by atoms with Gasteiger partial charge in [-0.25, -0.2) is 0 Å². The van der Waals surface area contributed by atoms with E-state index in [1.807, 2.05) is 4.90 Å². The smallest absolute Gasteiger partial charge is 0.233 e. The van der Waals surface area contributed by atoms with Crippen molar-refractivity contribution in [2.75, 3.05) is 51.8 Å². The second-order valence-corrected chi connectivity index (χ2v) is 4.26. The van der Waals surface area contributed by atoms with Gasteiger partial charge in [0.2, 0.25) is 5.91 Å². The maximum Gasteiger partial charge on any atom is 0.233 e. The Bertz CT molecular complexity index is 202. The van der Waals surface area contributed by atoms with Gasteiger partial charge in [0.15, 0.2) is 0 Å². The Balaban J connectivity index is 2.31. The molecule has 1 aliphatic heterocycles. The van der Waals surface area contributed by atoms with Crippen LogP contribution in [0.4, 0.5) is 0 Å². The van der Waals surface area contributed by atoms with Crippen molar-refractivity contribution in [3.05, 3.63) is 0 Å². The Labute approximate surface area is 99.7 Å². The minimum Gasteiger partial charge on any atom is -0.383 e. The Morgan fingerprint density at radius 3 is 2.80 bits per heavy atom. The summed E-state index contributed by atoms with van der Waals surface area (Å²) in [6.07, 6.45) is 1.06. The van der Waals surface area contributed by atoms with Crippen molar-refractivity contribution in [1.82, 2.24) is 9.80 Å². The van der Waals surface area contributed by atoms with E-state index in [0.29, 0.717) is 5.33 Å². The molecule has 4 nitrogen and oxygen atoms in total. The molecule has 1 fully saturated rings. The summed E-state index contributed by atoms with van der Waals surface area (Å²) >= 11 is 3.21. The number of nitrogens with zero attached hydrogens (tertiary/aromatic N) is 2. The van der Waals surface area contributed by atoms with Gasteiger partial charge in [-0.05, 0) is 13.0 Å². The van der Waals surface area contributed by atoms with Crippen LogP contribution in [0, 0.1) is 0 Å². The van der Waals surface area contributed by atoms with Crippen molar-refractivity contribution in [2.24, 2.45) is 0 Å². The predicted molar refractivity (Wildman–Crippen MR) is 63.3 cm³/mol. The third-order valence-corrected chi connectivity index (χ3v) is 3.15. The van der Waals surface area contributed by atoms with Gasteiger partial charge in [0.1, 0.15) is 0 Å². The van der Waals surface area contributed by atoms with Crippen molar-refractivity contribution in [1.29, 1.82) is 0 Å². The molecule has 1 saturated heterocycles. The van der Waals surface area contributed by atoms with E-state index in [2.05, 4.69) is 20.8 Å². The molecular formula is C10H19BrN2O2. The number of alkyl halides is 1. The van der Waals surface area contributed by atoms with Crippen LogP contribution >= 0.6 is 15.9 Å². The third-order valence-electron chi connectivity index (χ3n) is 2.67. The number of halogens is 1. The Morgan fingerprint density at radius 2 is 2.13 bits per heavy atom. The quantitative estimate of drug-likeness (QED) is 0.705. The first-order valence-corrected chi connectivity index (χ1v) is 6.45. The zero-order valence-electron chi connectivity index (χ0n) is 9.25. The summed E-state index contributed by atoms with van der Waals surface area (Å²) in [4.78, 5) is 15.8. The van der Waals surface area contributed by atoms with Gasteiger partial charge < -0.3 is 9.64 Å². The van der Waals surface area contributed by atoms with Crippen molar-refractivity contribution in [2.45, 2.75) is 6.42 Å². The summed E-state index contributed by atoms with van der Waals surface area (Å²) in [6, 6.07) is 0. The number of carbonyl (C=O) groups is 1. The predicted octanol–water partition coefficient (Wildman–Crippen LogP) is 0.562. The fraction of sp³-hybridized carbons (Fsp3) is 0.900. The molecule has 88 valence electrons. The standard InChI is InChI=1S/C10H19BrN2O2/c1-15-8-7-12-3-2-4-13(6-5-12)10(14)9-11/h2-9H2,1H3. The van der Waals surface area contributed by atoms with Crippen molar-refractivity contribution in [3.63, 3.8) is 0 Å². The molecule has 0 saturated carbocycles. The van der Waals surface area contributed by atoms with Gasteiger partial charge >= 0.3 is 0 Å². The summed E-state index contributed by atoms with van der Waals surface area (Å²) in [5.74, 6) is 0.198. The molecule has 0 radical (unpaired) electrons. The lowest BCUT2D eigenvalue weighted by Crippen LogP contribution is -2.36. The maximum atomic E-state index is 11.5. The van der Waals surface area contributed by atoms with Crippen molar-refractivity contribution in [3.8, 4) is 0 Å². The molecule has 0 unspecified atom stereocenters. The number of amides is 1. The molecule has 5 heteroatoms. The van der Waals surface area contributed by atoms with Gasteiger partial charge in [0.25, 0.3) is 0 Å². The fourth-order valence-corrected chi connectivity index (χ4v) is 2.10. The molecule has 0 aromatic carbocycles. The Hall–Kier alpha value is -0.130. The van der Waals surface area contributed by atoms with Crippen LogP contribution in [-0.4, -0.2) is 67.5 Å². The highest BCUT2D eigenvalue weighted by Gasteiger charge is 2.17. The first kappa shape index (κ1) is 12.9. The van der Waals surface area contributed by atoms with Crippen LogP contribution in [0.15, 0.2) is 0 Å². The van der Waals surface area contributed by atoms with E-state index in [1.54, 1.807) is 7.11 Å². The SMILES string of the molecule is COCCN1CCCN(C(=O)CBr)CC1. The molecule has 0 aromatic rings. The second kappa shape index (κ2) is 7.19. The van der Waals surface area contributed by atoms with Crippen LogP contribution < -0.4 is 0 Å². The molecule has 1 amide bonds. The number of rotatable bonds is 4. The lowest BCUT2D eigenvalue weighted by atomic mass is 10.4. The molecule has 15 heavy (non-hydrogen) atoms. The first-order chi connectivity index (χ1) is 7.27. The number of ether oxygens (including phenoxy) is 1. The minimum atomic E-state index is 0.198. The van der Waals surface area contributed by atoms with E-state index in [-0.39, 0.29) is 5.91 Å². The lowest BCUT2D eigenvalue weighted by molar-refractivity contribution is -0.128. The molecule has 1 heterocycles. The monoisotopic (exact) mass is 278 g/mol. The van der Waals surface area contributed by atoms with Crippen molar-refractivity contribution >= 4 is 21.8 Å². The molecule has 0 spiro atoms. The Morgan fingerprint density at radius 1 is 1.33 bits per heavy atom. The largest absolute Gasteiger partial charge is 0.383 e. The minimum absolute atomic E-state index is 0.198. The van der Waals surface area contributed by atoms with E-state index < -0.39 is 0 Å². The van der Waals surface area contributed by atoms with E-state index in [4.69, 9.17) is 4.74 Å². The van der Waals surface area contributed by atoms with E-state index >= 15 is 0 Å². The highest BCUT2D eigenvalue weighted by molar-refractivity contribution is 9.09. The van der Waals surface area contributed by atoms with E-state index in [0.717, 1.165) is 45.8 Å². The summed E-state index contributed by atoms with van der Waals surface area (Å²) < 4.78 is 5.05. The summed E-state index contributed by atoms with van der Waals surface area (Å²) in [5.41, 5.74) is 0. The van der Waals surface area contributed by atoms with Crippen LogP contribution in [0.25, 0.3) is 0 Å². The van der Waals surface area contributed by atoms with Gasteiger partial charge in [-0.2, -0.15) is 0 Å². The third kappa shape index (κ3) is 4.49. The van der Waals surface area contributed by atoms with Crippen LogP contribution in [0.3, 0.4) is 0 Å². The van der Waals surface area contributed by atoms with Gasteiger partial charge in [0.05, 0.1) is 11.9 Å². The van der Waals surface area contributed by atoms with E-state index in [1.165, 1.54) is 0 Å². The number of methoxy groups -OCH3 is 1. The summed E-state index contributed by atoms with van der Waals surface area (Å²) in [5, 5.41) is 0.436. The molecule has 0 N–H and O–H groups in total. The van der Waals surface area contributed by atoms with Gasteiger partial charge in [-0.15, -0.1) is 0 Å². The van der Waals surface area contributed by atoms with Gasteiger partial charge in [0, 0.05) is 33.3 Å². The molecule has 0 aromatic heterocycles. The average molecular weight is 279 g/mol. The molecule has 1 rings (SSSR count). The van der Waals surface area contributed by atoms with Crippen LogP contribution in [0.2, 0.25) is 0 Å². The zero-order valence-corrected chi connectivity index (χ0v) is 10.8. The summed E-state index contributed by atoms with van der Waals surface area (Å²) in [7, 11) is 1.72. The zero-order chi connectivity index (χ0) is 11.1. The Kier molecular flexibility index (Phi) is 6.20. The lowest BCUT2D eigenvalue weighted by Gasteiger charge is -2.21. The van der Waals surface area contributed by atoms with Gasteiger partial charge in [-0.3, -0.25) is 9.69 Å².